The average Bonchev–Trinajstić information content (AvgIpc) is 2.37. The molecule has 4 heteroatoms. The van der Waals surface area contributed by atoms with Crippen LogP contribution in [0.5, 0.6) is 5.88 Å². The number of rotatable bonds is 6. The van der Waals surface area contributed by atoms with E-state index < -0.39 is 0 Å². The Morgan fingerprint density at radius 2 is 1.67 bits per heavy atom. The molecular formula is C17H27N3O+2. The number of nitrogens with zero attached hydrogens (tertiary/aromatic N) is 1. The highest BCUT2D eigenvalue weighted by Gasteiger charge is 2.19. The van der Waals surface area contributed by atoms with E-state index in [2.05, 4.69) is 46.2 Å². The van der Waals surface area contributed by atoms with Crippen molar-refractivity contribution < 1.29 is 14.5 Å². The van der Waals surface area contributed by atoms with Crippen molar-refractivity contribution in [2.24, 2.45) is 0 Å². The molecule has 0 aliphatic heterocycles. The summed E-state index contributed by atoms with van der Waals surface area (Å²) in [6.45, 7) is 4.05. The molecule has 2 aromatic rings. The van der Waals surface area contributed by atoms with Crippen LogP contribution in [0.15, 0.2) is 30.3 Å². The predicted molar refractivity (Wildman–Crippen MR) is 86.3 cm³/mol. The highest BCUT2D eigenvalue weighted by Crippen LogP contribution is 2.21. The molecule has 2 rings (SSSR count). The maximum atomic E-state index is 6.17. The van der Waals surface area contributed by atoms with E-state index >= 15 is 0 Å². The summed E-state index contributed by atoms with van der Waals surface area (Å²) in [6.07, 6.45) is 0.174. The lowest BCUT2D eigenvalue weighted by molar-refractivity contribution is -0.884. The maximum Gasteiger partial charge on any atom is 0.214 e. The van der Waals surface area contributed by atoms with Gasteiger partial charge in [-0.3, -0.25) is 0 Å². The molecule has 0 saturated heterocycles. The molecule has 0 saturated carbocycles. The maximum absolute atomic E-state index is 6.17. The molecule has 0 spiro atoms. The van der Waals surface area contributed by atoms with E-state index in [1.807, 2.05) is 24.3 Å². The van der Waals surface area contributed by atoms with Crippen molar-refractivity contribution in [2.75, 3.05) is 41.3 Å². The van der Waals surface area contributed by atoms with Crippen molar-refractivity contribution in [3.63, 3.8) is 0 Å². The molecule has 0 fully saturated rings. The molecule has 21 heavy (non-hydrogen) atoms. The third-order valence-electron chi connectivity index (χ3n) is 3.46. The summed E-state index contributed by atoms with van der Waals surface area (Å²) in [4.78, 5) is 7.43. The van der Waals surface area contributed by atoms with Crippen LogP contribution in [0.3, 0.4) is 0 Å². The van der Waals surface area contributed by atoms with Crippen LogP contribution in [0.1, 0.15) is 5.56 Å². The molecule has 0 aliphatic rings. The average molecular weight is 289 g/mol. The number of fused-ring (bicyclic) bond motifs is 1. The van der Waals surface area contributed by atoms with E-state index in [1.165, 1.54) is 20.7 Å². The normalized spacial score (nSPS) is 11.8. The van der Waals surface area contributed by atoms with Gasteiger partial charge < -0.3 is 14.5 Å². The van der Waals surface area contributed by atoms with Gasteiger partial charge in [0.1, 0.15) is 13.1 Å². The zero-order valence-electron chi connectivity index (χ0n) is 13.7. The van der Waals surface area contributed by atoms with Gasteiger partial charge in [0.2, 0.25) is 5.88 Å². The van der Waals surface area contributed by atoms with Crippen molar-refractivity contribution in [3.05, 3.63) is 35.9 Å². The second-order valence-corrected chi connectivity index (χ2v) is 6.36. The van der Waals surface area contributed by atoms with Gasteiger partial charge in [-0.1, -0.05) is 18.2 Å². The Balaban J connectivity index is 2.23. The van der Waals surface area contributed by atoms with Gasteiger partial charge >= 0.3 is 0 Å². The first kappa shape index (κ1) is 15.7. The van der Waals surface area contributed by atoms with E-state index in [-0.39, 0.29) is 6.10 Å². The Bertz CT molecular complexity index is 586. The number of hydrogen-bond acceptors (Lipinski definition) is 2. The van der Waals surface area contributed by atoms with E-state index in [4.69, 9.17) is 4.74 Å². The summed E-state index contributed by atoms with van der Waals surface area (Å²) in [5.41, 5.74) is 2.21. The molecule has 1 aromatic carbocycles. The fourth-order valence-electron chi connectivity index (χ4n) is 2.62. The number of para-hydroxylation sites is 1. The minimum absolute atomic E-state index is 0.174. The number of aryl methyl sites for hydroxylation is 1. The van der Waals surface area contributed by atoms with Gasteiger partial charge in [0.25, 0.3) is 0 Å². The summed E-state index contributed by atoms with van der Waals surface area (Å²) in [7, 11) is 8.61. The Labute approximate surface area is 127 Å². The van der Waals surface area contributed by atoms with Gasteiger partial charge in [-0.25, -0.2) is 4.98 Å². The summed E-state index contributed by atoms with van der Waals surface area (Å²) in [5.74, 6) is 0.735. The summed E-state index contributed by atoms with van der Waals surface area (Å²) >= 11 is 0. The highest BCUT2D eigenvalue weighted by atomic mass is 16.5. The van der Waals surface area contributed by atoms with E-state index in [0.717, 1.165) is 24.5 Å². The Kier molecular flexibility index (Phi) is 5.15. The largest absolute Gasteiger partial charge is 0.462 e. The number of ether oxygens (including phenoxy) is 1. The Morgan fingerprint density at radius 1 is 1.05 bits per heavy atom. The second-order valence-electron chi connectivity index (χ2n) is 6.36. The molecule has 0 aliphatic carbocycles. The van der Waals surface area contributed by atoms with Crippen LogP contribution in [0.2, 0.25) is 0 Å². The van der Waals surface area contributed by atoms with Crippen molar-refractivity contribution in [3.8, 4) is 5.88 Å². The minimum atomic E-state index is 0.174. The molecule has 114 valence electrons. The number of aromatic nitrogens is 1. The van der Waals surface area contributed by atoms with Gasteiger partial charge in [-0.2, -0.15) is 0 Å². The van der Waals surface area contributed by atoms with Gasteiger partial charge in [-0.15, -0.1) is 0 Å². The Hall–Kier alpha value is -1.65. The highest BCUT2D eigenvalue weighted by molar-refractivity contribution is 5.82. The van der Waals surface area contributed by atoms with Crippen LogP contribution >= 0.6 is 0 Å². The van der Waals surface area contributed by atoms with Gasteiger partial charge in [-0.05, 0) is 18.6 Å². The number of pyridine rings is 1. The predicted octanol–water partition coefficient (Wildman–Crippen LogP) is -0.420. The molecular weight excluding hydrogens is 262 g/mol. The van der Waals surface area contributed by atoms with Crippen molar-refractivity contribution >= 4 is 10.9 Å². The third-order valence-corrected chi connectivity index (χ3v) is 3.46. The second kappa shape index (κ2) is 6.87. The molecule has 2 N–H and O–H groups in total. The number of nitrogens with one attached hydrogen (secondary N) is 2. The van der Waals surface area contributed by atoms with Gasteiger partial charge in [0.15, 0.2) is 6.10 Å². The molecule has 4 nitrogen and oxygen atoms in total. The first-order valence-corrected chi connectivity index (χ1v) is 7.57. The molecule has 0 unspecified atom stereocenters. The van der Waals surface area contributed by atoms with Crippen LogP contribution in [0.4, 0.5) is 0 Å². The molecule has 0 atom stereocenters. The molecule has 0 radical (unpaired) electrons. The first-order valence-electron chi connectivity index (χ1n) is 7.57. The summed E-state index contributed by atoms with van der Waals surface area (Å²) in [6, 6.07) is 10.3. The lowest BCUT2D eigenvalue weighted by Gasteiger charge is -2.21. The summed E-state index contributed by atoms with van der Waals surface area (Å²) < 4.78 is 6.17. The molecule has 0 amide bonds. The van der Waals surface area contributed by atoms with Crippen molar-refractivity contribution in [2.45, 2.75) is 13.0 Å². The third kappa shape index (κ3) is 4.41. The van der Waals surface area contributed by atoms with Gasteiger partial charge in [0.05, 0.1) is 33.7 Å². The first-order chi connectivity index (χ1) is 9.95. The Morgan fingerprint density at radius 3 is 2.29 bits per heavy atom. The molecule has 1 aromatic heterocycles. The lowest BCUT2D eigenvalue weighted by Crippen LogP contribution is -3.11. The lowest BCUT2D eigenvalue weighted by atomic mass is 10.1. The van der Waals surface area contributed by atoms with E-state index in [1.54, 1.807) is 0 Å². The molecule has 0 bridgehead atoms. The monoisotopic (exact) mass is 289 g/mol. The number of likely N-dealkylation sites (N-methyl/N-ethyl adjacent to an activating group) is 2. The quantitative estimate of drug-likeness (QED) is 0.757. The van der Waals surface area contributed by atoms with Crippen LogP contribution in [-0.2, 0) is 0 Å². The van der Waals surface area contributed by atoms with Crippen LogP contribution in [0.25, 0.3) is 10.9 Å². The fraction of sp³-hybridized carbons (Fsp3) is 0.471. The standard InChI is InChI=1S/C17H25N3O/c1-13-10-17(18-16-9-7-6-8-15(13)16)21-14(11-19(2)3)12-20(4)5/h6-10,14H,11-12H2,1-5H3/p+2. The van der Waals surface area contributed by atoms with E-state index in [0.29, 0.717) is 0 Å². The minimum Gasteiger partial charge on any atom is -0.462 e. The smallest absolute Gasteiger partial charge is 0.214 e. The summed E-state index contributed by atoms with van der Waals surface area (Å²) in [5, 5.41) is 1.19. The SMILES string of the molecule is Cc1cc(OC(C[NH+](C)C)C[NH+](C)C)nc2ccccc12. The number of hydrogen-bond donors (Lipinski definition) is 2. The zero-order valence-corrected chi connectivity index (χ0v) is 13.7. The number of quaternary nitrogens is 2. The van der Waals surface area contributed by atoms with Crippen LogP contribution in [0, 0.1) is 6.92 Å². The van der Waals surface area contributed by atoms with Crippen LogP contribution in [-0.4, -0.2) is 52.4 Å². The zero-order chi connectivity index (χ0) is 15.4. The number of benzene rings is 1. The van der Waals surface area contributed by atoms with Crippen molar-refractivity contribution in [1.29, 1.82) is 0 Å². The van der Waals surface area contributed by atoms with Crippen molar-refractivity contribution in [1.82, 2.24) is 4.98 Å². The molecule has 1 heterocycles. The van der Waals surface area contributed by atoms with Gasteiger partial charge in [0, 0.05) is 11.5 Å². The van der Waals surface area contributed by atoms with E-state index in [9.17, 15) is 0 Å². The van der Waals surface area contributed by atoms with Crippen LogP contribution < -0.4 is 14.5 Å². The fourth-order valence-corrected chi connectivity index (χ4v) is 2.62. The topological polar surface area (TPSA) is 31.0 Å².